The molecule has 2 amide bonds. The van der Waals surface area contributed by atoms with Crippen LogP contribution in [0, 0.1) is 5.92 Å². The zero-order chi connectivity index (χ0) is 13.1. The van der Waals surface area contributed by atoms with Gasteiger partial charge in [-0.05, 0) is 26.3 Å². The number of rotatable bonds is 2. The molecule has 0 spiro atoms. The molecule has 18 heavy (non-hydrogen) atoms. The third-order valence-electron chi connectivity index (χ3n) is 3.90. The van der Waals surface area contributed by atoms with Gasteiger partial charge < -0.3 is 20.2 Å². The van der Waals surface area contributed by atoms with Gasteiger partial charge in [-0.2, -0.15) is 0 Å². The van der Waals surface area contributed by atoms with Crippen molar-refractivity contribution in [2.24, 2.45) is 5.92 Å². The van der Waals surface area contributed by atoms with E-state index < -0.39 is 5.97 Å². The average Bonchev–Trinajstić information content (AvgIpc) is 2.78. The molecule has 1 aliphatic carbocycles. The van der Waals surface area contributed by atoms with Crippen LogP contribution in [0.5, 0.6) is 0 Å². The van der Waals surface area contributed by atoms with E-state index in [0.29, 0.717) is 12.8 Å². The molecule has 0 aromatic rings. The largest absolute Gasteiger partial charge is 0.481 e. The summed E-state index contributed by atoms with van der Waals surface area (Å²) in [7, 11) is 2.05. The van der Waals surface area contributed by atoms with E-state index in [9.17, 15) is 9.59 Å². The summed E-state index contributed by atoms with van der Waals surface area (Å²) in [5.41, 5.74) is 0. The number of carboxylic acids is 1. The van der Waals surface area contributed by atoms with Crippen molar-refractivity contribution in [1.82, 2.24) is 15.1 Å². The van der Waals surface area contributed by atoms with Gasteiger partial charge in [0.2, 0.25) is 0 Å². The molecule has 1 saturated carbocycles. The molecule has 2 aliphatic rings. The summed E-state index contributed by atoms with van der Waals surface area (Å²) in [4.78, 5) is 26.8. The molecule has 6 nitrogen and oxygen atoms in total. The SMILES string of the molecule is CN1CCN(C(=O)NC2CCC(C(=O)O)C2)CC1. The number of urea groups is 1. The average molecular weight is 255 g/mol. The van der Waals surface area contributed by atoms with Crippen molar-refractivity contribution < 1.29 is 14.7 Å². The monoisotopic (exact) mass is 255 g/mol. The van der Waals surface area contributed by atoms with Gasteiger partial charge in [0.05, 0.1) is 5.92 Å². The number of nitrogens with one attached hydrogen (secondary N) is 1. The Hall–Kier alpha value is -1.30. The highest BCUT2D eigenvalue weighted by atomic mass is 16.4. The molecule has 6 heteroatoms. The third kappa shape index (κ3) is 3.13. The van der Waals surface area contributed by atoms with Crippen LogP contribution in [0.3, 0.4) is 0 Å². The first-order valence-corrected chi connectivity index (χ1v) is 6.53. The first-order chi connectivity index (χ1) is 8.56. The topological polar surface area (TPSA) is 72.9 Å². The summed E-state index contributed by atoms with van der Waals surface area (Å²) < 4.78 is 0. The molecule has 1 heterocycles. The normalized spacial score (nSPS) is 29.3. The second-order valence-electron chi connectivity index (χ2n) is 5.28. The molecular weight excluding hydrogens is 234 g/mol. The molecule has 2 fully saturated rings. The fourth-order valence-electron chi connectivity index (χ4n) is 2.61. The second kappa shape index (κ2) is 5.56. The number of carboxylic acid groups (broad SMARTS) is 1. The maximum absolute atomic E-state index is 12.0. The van der Waals surface area contributed by atoms with Gasteiger partial charge in [0.15, 0.2) is 0 Å². The number of nitrogens with zero attached hydrogens (tertiary/aromatic N) is 2. The van der Waals surface area contributed by atoms with E-state index in [1.807, 2.05) is 11.9 Å². The van der Waals surface area contributed by atoms with Crippen molar-refractivity contribution >= 4 is 12.0 Å². The van der Waals surface area contributed by atoms with Crippen LogP contribution in [-0.2, 0) is 4.79 Å². The number of amides is 2. The van der Waals surface area contributed by atoms with Crippen LogP contribution >= 0.6 is 0 Å². The van der Waals surface area contributed by atoms with E-state index in [1.165, 1.54) is 0 Å². The molecule has 0 aromatic carbocycles. The van der Waals surface area contributed by atoms with Crippen LogP contribution in [-0.4, -0.2) is 66.2 Å². The Morgan fingerprint density at radius 3 is 2.39 bits per heavy atom. The fourth-order valence-corrected chi connectivity index (χ4v) is 2.61. The molecule has 0 aromatic heterocycles. The molecule has 2 rings (SSSR count). The Morgan fingerprint density at radius 1 is 1.17 bits per heavy atom. The zero-order valence-electron chi connectivity index (χ0n) is 10.8. The number of likely N-dealkylation sites (N-methyl/N-ethyl adjacent to an activating group) is 1. The Balaban J connectivity index is 1.76. The molecule has 0 bridgehead atoms. The van der Waals surface area contributed by atoms with Crippen molar-refractivity contribution in [3.05, 3.63) is 0 Å². The minimum absolute atomic E-state index is 0.0262. The van der Waals surface area contributed by atoms with Gasteiger partial charge >= 0.3 is 12.0 Å². The van der Waals surface area contributed by atoms with Gasteiger partial charge in [0, 0.05) is 32.2 Å². The minimum atomic E-state index is -0.744. The van der Waals surface area contributed by atoms with Gasteiger partial charge in [-0.15, -0.1) is 0 Å². The van der Waals surface area contributed by atoms with E-state index in [1.54, 1.807) is 0 Å². The van der Waals surface area contributed by atoms with Crippen LogP contribution in [0.25, 0.3) is 0 Å². The molecule has 1 aliphatic heterocycles. The highest BCUT2D eigenvalue weighted by Crippen LogP contribution is 2.25. The summed E-state index contributed by atoms with van der Waals surface area (Å²) in [6.45, 7) is 3.29. The lowest BCUT2D eigenvalue weighted by Gasteiger charge is -2.33. The van der Waals surface area contributed by atoms with Crippen molar-refractivity contribution in [2.75, 3.05) is 33.2 Å². The first kappa shape index (κ1) is 13.1. The summed E-state index contributed by atoms with van der Waals surface area (Å²) in [5, 5.41) is 11.9. The van der Waals surface area contributed by atoms with Gasteiger partial charge in [0.1, 0.15) is 0 Å². The first-order valence-electron chi connectivity index (χ1n) is 6.53. The second-order valence-corrected chi connectivity index (χ2v) is 5.28. The Labute approximate surface area is 107 Å². The van der Waals surface area contributed by atoms with Crippen molar-refractivity contribution in [1.29, 1.82) is 0 Å². The number of carbonyl (C=O) groups excluding carboxylic acids is 1. The lowest BCUT2D eigenvalue weighted by Crippen LogP contribution is -2.52. The van der Waals surface area contributed by atoms with Crippen molar-refractivity contribution in [3.8, 4) is 0 Å². The van der Waals surface area contributed by atoms with E-state index in [-0.39, 0.29) is 18.0 Å². The molecule has 1 saturated heterocycles. The maximum Gasteiger partial charge on any atom is 0.317 e. The van der Waals surface area contributed by atoms with Gasteiger partial charge in [-0.3, -0.25) is 4.79 Å². The highest BCUT2D eigenvalue weighted by molar-refractivity contribution is 5.75. The Bertz CT molecular complexity index is 327. The molecular formula is C12H21N3O3. The quantitative estimate of drug-likeness (QED) is 0.739. The fraction of sp³-hybridized carbons (Fsp3) is 0.833. The molecule has 102 valence electrons. The van der Waals surface area contributed by atoms with Gasteiger partial charge in [-0.1, -0.05) is 0 Å². The third-order valence-corrected chi connectivity index (χ3v) is 3.90. The van der Waals surface area contributed by atoms with Crippen LogP contribution in [0.2, 0.25) is 0 Å². The van der Waals surface area contributed by atoms with E-state index >= 15 is 0 Å². The zero-order valence-corrected chi connectivity index (χ0v) is 10.8. The molecule has 0 radical (unpaired) electrons. The summed E-state index contributed by atoms with van der Waals surface area (Å²) in [5.74, 6) is -1.03. The van der Waals surface area contributed by atoms with Crippen molar-refractivity contribution in [2.45, 2.75) is 25.3 Å². The summed E-state index contributed by atoms with van der Waals surface area (Å²) >= 11 is 0. The number of carbonyl (C=O) groups is 2. The highest BCUT2D eigenvalue weighted by Gasteiger charge is 2.31. The van der Waals surface area contributed by atoms with Crippen LogP contribution in [0.15, 0.2) is 0 Å². The Morgan fingerprint density at radius 2 is 1.83 bits per heavy atom. The minimum Gasteiger partial charge on any atom is -0.481 e. The number of hydrogen-bond donors (Lipinski definition) is 2. The number of piperazine rings is 1. The van der Waals surface area contributed by atoms with Crippen LogP contribution in [0.4, 0.5) is 4.79 Å². The molecule has 2 unspecified atom stereocenters. The predicted octanol–water partition coefficient (Wildman–Crippen LogP) is 0.197. The Kier molecular flexibility index (Phi) is 4.06. The maximum atomic E-state index is 12.0. The van der Waals surface area contributed by atoms with E-state index in [4.69, 9.17) is 5.11 Å². The molecule has 2 N–H and O–H groups in total. The van der Waals surface area contributed by atoms with Gasteiger partial charge in [-0.25, -0.2) is 4.79 Å². The summed E-state index contributed by atoms with van der Waals surface area (Å²) in [6, 6.07) is -0.0163. The van der Waals surface area contributed by atoms with Crippen LogP contribution < -0.4 is 5.32 Å². The standard InChI is InChI=1S/C12H21N3O3/c1-14-4-6-15(7-5-14)12(18)13-10-3-2-9(8-10)11(16)17/h9-10H,2-8H2,1H3,(H,13,18)(H,16,17). The molecule has 2 atom stereocenters. The van der Waals surface area contributed by atoms with Crippen molar-refractivity contribution in [3.63, 3.8) is 0 Å². The summed E-state index contributed by atoms with van der Waals surface area (Å²) in [6.07, 6.45) is 2.01. The van der Waals surface area contributed by atoms with Crippen LogP contribution in [0.1, 0.15) is 19.3 Å². The number of hydrogen-bond acceptors (Lipinski definition) is 3. The van der Waals surface area contributed by atoms with E-state index in [2.05, 4.69) is 10.2 Å². The lowest BCUT2D eigenvalue weighted by molar-refractivity contribution is -0.141. The van der Waals surface area contributed by atoms with Gasteiger partial charge in [0.25, 0.3) is 0 Å². The predicted molar refractivity (Wildman–Crippen MR) is 66.4 cm³/mol. The lowest BCUT2D eigenvalue weighted by atomic mass is 10.1. The smallest absolute Gasteiger partial charge is 0.317 e. The number of aliphatic carboxylic acids is 1. The van der Waals surface area contributed by atoms with E-state index in [0.717, 1.165) is 32.6 Å².